The van der Waals surface area contributed by atoms with Crippen molar-refractivity contribution in [2.24, 2.45) is 11.8 Å². The number of aliphatic hydroxyl groups is 1. The first-order valence-electron chi connectivity index (χ1n) is 8.55. The summed E-state index contributed by atoms with van der Waals surface area (Å²) in [6, 6.07) is 7.20. The van der Waals surface area contributed by atoms with Gasteiger partial charge in [0.1, 0.15) is 0 Å². The number of fused-ring (bicyclic) bond motifs is 1. The van der Waals surface area contributed by atoms with E-state index in [1.807, 2.05) is 12.1 Å². The van der Waals surface area contributed by atoms with Gasteiger partial charge >= 0.3 is 0 Å². The van der Waals surface area contributed by atoms with Crippen molar-refractivity contribution < 1.29 is 13.5 Å². The normalized spacial score (nSPS) is 32.0. The van der Waals surface area contributed by atoms with E-state index in [9.17, 15) is 13.5 Å². The van der Waals surface area contributed by atoms with Crippen LogP contribution in [0.3, 0.4) is 0 Å². The zero-order valence-corrected chi connectivity index (χ0v) is 14.8. The van der Waals surface area contributed by atoms with Crippen LogP contribution in [-0.4, -0.2) is 43.4 Å². The molecule has 2 fully saturated rings. The van der Waals surface area contributed by atoms with E-state index in [0.29, 0.717) is 16.7 Å². The first-order chi connectivity index (χ1) is 10.8. The SMILES string of the molecule is CC[C@]1(O)CCC[C@H]2CN(Cc3ccc(S(C)(=O)=O)cc3)C[C@H]21. The van der Waals surface area contributed by atoms with Crippen LogP contribution in [0, 0.1) is 11.8 Å². The number of nitrogens with zero attached hydrogens (tertiary/aromatic N) is 1. The number of benzene rings is 1. The van der Waals surface area contributed by atoms with Gasteiger partial charge in [0.2, 0.25) is 0 Å². The molecule has 0 amide bonds. The molecule has 23 heavy (non-hydrogen) atoms. The van der Waals surface area contributed by atoms with Crippen LogP contribution in [0.4, 0.5) is 0 Å². The molecule has 3 rings (SSSR count). The molecule has 5 heteroatoms. The van der Waals surface area contributed by atoms with Gasteiger partial charge in [-0.1, -0.05) is 25.5 Å². The fraction of sp³-hybridized carbons (Fsp3) is 0.667. The van der Waals surface area contributed by atoms with Gasteiger partial charge in [0.15, 0.2) is 9.84 Å². The highest BCUT2D eigenvalue weighted by molar-refractivity contribution is 7.90. The largest absolute Gasteiger partial charge is 0.390 e. The van der Waals surface area contributed by atoms with Crippen molar-refractivity contribution in [3.05, 3.63) is 29.8 Å². The Kier molecular flexibility index (Phi) is 4.55. The van der Waals surface area contributed by atoms with Crippen LogP contribution in [0.2, 0.25) is 0 Å². The lowest BCUT2D eigenvalue weighted by Crippen LogP contribution is -2.44. The van der Waals surface area contributed by atoms with Crippen LogP contribution in [0.5, 0.6) is 0 Å². The minimum atomic E-state index is -3.13. The van der Waals surface area contributed by atoms with Crippen molar-refractivity contribution in [3.8, 4) is 0 Å². The summed E-state index contributed by atoms with van der Waals surface area (Å²) in [5.74, 6) is 0.987. The predicted molar refractivity (Wildman–Crippen MR) is 90.9 cm³/mol. The van der Waals surface area contributed by atoms with E-state index in [0.717, 1.165) is 44.5 Å². The second-order valence-corrected chi connectivity index (χ2v) is 9.34. The number of likely N-dealkylation sites (tertiary alicyclic amines) is 1. The maximum absolute atomic E-state index is 11.5. The van der Waals surface area contributed by atoms with E-state index in [4.69, 9.17) is 0 Å². The zero-order valence-electron chi connectivity index (χ0n) is 14.0. The highest BCUT2D eigenvalue weighted by Crippen LogP contribution is 2.44. The van der Waals surface area contributed by atoms with Gasteiger partial charge in [-0.2, -0.15) is 0 Å². The lowest BCUT2D eigenvalue weighted by Gasteiger charge is -2.40. The molecule has 0 aromatic heterocycles. The van der Waals surface area contributed by atoms with Gasteiger partial charge in [-0.25, -0.2) is 8.42 Å². The summed E-state index contributed by atoms with van der Waals surface area (Å²) in [6.07, 6.45) is 5.35. The molecule has 1 aliphatic carbocycles. The standard InChI is InChI=1S/C18H27NO3S/c1-3-18(20)10-4-5-15-12-19(13-17(15)18)11-14-6-8-16(9-7-14)23(2,21)22/h6-9,15,17,20H,3-5,10-13H2,1-2H3/t15-,17+,18-/m0/s1. The van der Waals surface area contributed by atoms with Crippen LogP contribution in [0.1, 0.15) is 38.2 Å². The van der Waals surface area contributed by atoms with Crippen molar-refractivity contribution in [3.63, 3.8) is 0 Å². The van der Waals surface area contributed by atoms with Gasteiger partial charge in [0.25, 0.3) is 0 Å². The van der Waals surface area contributed by atoms with E-state index < -0.39 is 15.4 Å². The molecule has 128 valence electrons. The maximum atomic E-state index is 11.5. The third-order valence-corrected chi connectivity index (χ3v) is 6.89. The zero-order chi connectivity index (χ0) is 16.7. The third-order valence-electron chi connectivity index (χ3n) is 5.76. The predicted octanol–water partition coefficient (Wildman–Crippen LogP) is 2.46. The van der Waals surface area contributed by atoms with Gasteiger partial charge in [-0.05, 0) is 42.9 Å². The van der Waals surface area contributed by atoms with E-state index in [2.05, 4.69) is 11.8 Å². The minimum absolute atomic E-state index is 0.372. The van der Waals surface area contributed by atoms with Crippen molar-refractivity contribution in [1.29, 1.82) is 0 Å². The molecule has 3 atom stereocenters. The van der Waals surface area contributed by atoms with E-state index in [1.54, 1.807) is 12.1 Å². The summed E-state index contributed by atoms with van der Waals surface area (Å²) in [4.78, 5) is 2.79. The van der Waals surface area contributed by atoms with E-state index >= 15 is 0 Å². The van der Waals surface area contributed by atoms with Crippen molar-refractivity contribution in [1.82, 2.24) is 4.90 Å². The van der Waals surface area contributed by atoms with Crippen LogP contribution >= 0.6 is 0 Å². The van der Waals surface area contributed by atoms with Crippen molar-refractivity contribution >= 4 is 9.84 Å². The summed E-state index contributed by atoms with van der Waals surface area (Å²) in [5.41, 5.74) is 0.647. The number of rotatable bonds is 4. The molecule has 0 radical (unpaired) electrons. The molecule has 0 spiro atoms. The Labute approximate surface area is 139 Å². The Bertz CT molecular complexity index is 655. The Morgan fingerprint density at radius 3 is 2.57 bits per heavy atom. The molecule has 1 aromatic rings. The lowest BCUT2D eigenvalue weighted by molar-refractivity contribution is -0.0613. The molecule has 2 aliphatic rings. The monoisotopic (exact) mass is 337 g/mol. The molecule has 1 heterocycles. The number of sulfone groups is 1. The van der Waals surface area contributed by atoms with E-state index in [-0.39, 0.29) is 0 Å². The summed E-state index contributed by atoms with van der Waals surface area (Å²) in [6.45, 7) is 4.91. The second kappa shape index (κ2) is 6.19. The molecule has 4 nitrogen and oxygen atoms in total. The van der Waals surface area contributed by atoms with Gasteiger partial charge in [-0.3, -0.25) is 4.90 Å². The molecule has 1 saturated carbocycles. The average molecular weight is 337 g/mol. The molecule has 1 saturated heterocycles. The summed E-state index contributed by atoms with van der Waals surface area (Å²) in [7, 11) is -3.13. The molecular weight excluding hydrogens is 310 g/mol. The molecular formula is C18H27NO3S. The fourth-order valence-corrected chi connectivity index (χ4v) is 5.02. The van der Waals surface area contributed by atoms with Gasteiger partial charge < -0.3 is 5.11 Å². The average Bonchev–Trinajstić information content (AvgIpc) is 2.91. The first-order valence-corrected chi connectivity index (χ1v) is 10.4. The third kappa shape index (κ3) is 3.47. The Balaban J connectivity index is 1.68. The van der Waals surface area contributed by atoms with Crippen molar-refractivity contribution in [2.45, 2.75) is 49.6 Å². The van der Waals surface area contributed by atoms with Gasteiger partial charge in [0.05, 0.1) is 10.5 Å². The van der Waals surface area contributed by atoms with Gasteiger partial charge in [0, 0.05) is 31.8 Å². The summed E-state index contributed by atoms with van der Waals surface area (Å²) < 4.78 is 23.1. The Hall–Kier alpha value is -0.910. The fourth-order valence-electron chi connectivity index (χ4n) is 4.39. The molecule has 1 aliphatic heterocycles. The van der Waals surface area contributed by atoms with Crippen LogP contribution in [-0.2, 0) is 16.4 Å². The van der Waals surface area contributed by atoms with Crippen molar-refractivity contribution in [2.75, 3.05) is 19.3 Å². The smallest absolute Gasteiger partial charge is 0.175 e. The maximum Gasteiger partial charge on any atom is 0.175 e. The lowest BCUT2D eigenvalue weighted by atomic mass is 9.69. The number of hydrogen-bond donors (Lipinski definition) is 1. The molecule has 0 bridgehead atoms. The highest BCUT2D eigenvalue weighted by atomic mass is 32.2. The summed E-state index contributed by atoms with van der Waals surface area (Å²) >= 11 is 0. The molecule has 0 unspecified atom stereocenters. The quantitative estimate of drug-likeness (QED) is 0.917. The van der Waals surface area contributed by atoms with Crippen LogP contribution in [0.15, 0.2) is 29.2 Å². The minimum Gasteiger partial charge on any atom is -0.390 e. The summed E-state index contributed by atoms with van der Waals surface area (Å²) in [5, 5.41) is 10.9. The Morgan fingerprint density at radius 1 is 1.26 bits per heavy atom. The topological polar surface area (TPSA) is 57.6 Å². The Morgan fingerprint density at radius 2 is 1.96 bits per heavy atom. The highest BCUT2D eigenvalue weighted by Gasteiger charge is 2.47. The first kappa shape index (κ1) is 16.9. The van der Waals surface area contributed by atoms with Gasteiger partial charge in [-0.15, -0.1) is 0 Å². The molecule has 1 N–H and O–H groups in total. The molecule has 1 aromatic carbocycles. The second-order valence-electron chi connectivity index (χ2n) is 7.33. The number of hydrogen-bond acceptors (Lipinski definition) is 4. The van der Waals surface area contributed by atoms with E-state index in [1.165, 1.54) is 12.7 Å². The van der Waals surface area contributed by atoms with Crippen LogP contribution in [0.25, 0.3) is 0 Å². The van der Waals surface area contributed by atoms with Crippen LogP contribution < -0.4 is 0 Å².